The number of nitrogens with one attached hydrogen (secondary N) is 1. The average molecular weight is 322 g/mol. The van der Waals surface area contributed by atoms with Crippen molar-refractivity contribution in [3.05, 3.63) is 64.5 Å². The van der Waals surface area contributed by atoms with Crippen molar-refractivity contribution in [2.45, 2.75) is 12.8 Å². The van der Waals surface area contributed by atoms with Gasteiger partial charge in [0.05, 0.1) is 11.3 Å². The van der Waals surface area contributed by atoms with Crippen LogP contribution in [0.4, 0.5) is 10.8 Å². The highest BCUT2D eigenvalue weighted by molar-refractivity contribution is 7.16. The molecule has 0 bridgehead atoms. The fourth-order valence-electron chi connectivity index (χ4n) is 2.82. The van der Waals surface area contributed by atoms with Gasteiger partial charge in [-0.15, -0.1) is 11.3 Å². The second-order valence-corrected chi connectivity index (χ2v) is 6.54. The summed E-state index contributed by atoms with van der Waals surface area (Å²) in [5, 5.41) is 13.1. The van der Waals surface area contributed by atoms with Crippen LogP contribution in [0.25, 0.3) is 11.3 Å². The minimum atomic E-state index is -0.919. The number of nitrogens with zero attached hydrogens (tertiary/aromatic N) is 1. The number of anilines is 2. The Morgan fingerprint density at radius 1 is 1.09 bits per heavy atom. The van der Waals surface area contributed by atoms with Crippen LogP contribution in [0.2, 0.25) is 0 Å². The molecule has 2 N–H and O–H groups in total. The van der Waals surface area contributed by atoms with E-state index in [0.29, 0.717) is 0 Å². The molecule has 0 spiro atoms. The van der Waals surface area contributed by atoms with E-state index >= 15 is 0 Å². The topological polar surface area (TPSA) is 62.2 Å². The summed E-state index contributed by atoms with van der Waals surface area (Å²) in [5.74, 6) is -0.919. The molecule has 1 aliphatic rings. The lowest BCUT2D eigenvalue weighted by Gasteiger charge is -2.13. The van der Waals surface area contributed by atoms with E-state index in [1.807, 2.05) is 6.07 Å². The van der Waals surface area contributed by atoms with Gasteiger partial charge >= 0.3 is 5.97 Å². The van der Waals surface area contributed by atoms with E-state index in [2.05, 4.69) is 23.5 Å². The van der Waals surface area contributed by atoms with E-state index in [9.17, 15) is 4.79 Å². The Balaban J connectivity index is 1.63. The van der Waals surface area contributed by atoms with Gasteiger partial charge in [-0.2, -0.15) is 0 Å². The Morgan fingerprint density at radius 3 is 2.65 bits per heavy atom. The Hall–Kier alpha value is -2.66. The maximum atomic E-state index is 10.9. The van der Waals surface area contributed by atoms with Crippen LogP contribution in [0, 0.1) is 0 Å². The smallest absolute Gasteiger partial charge is 0.335 e. The first kappa shape index (κ1) is 14.0. The van der Waals surface area contributed by atoms with E-state index < -0.39 is 5.97 Å². The molecule has 4 nitrogen and oxygen atoms in total. The first-order chi connectivity index (χ1) is 11.2. The lowest BCUT2D eigenvalue weighted by Crippen LogP contribution is -2.01. The van der Waals surface area contributed by atoms with Crippen molar-refractivity contribution in [3.63, 3.8) is 0 Å². The zero-order valence-electron chi connectivity index (χ0n) is 12.2. The van der Waals surface area contributed by atoms with Gasteiger partial charge in [0.2, 0.25) is 0 Å². The average Bonchev–Trinajstić information content (AvgIpc) is 2.98. The third-order valence-electron chi connectivity index (χ3n) is 3.97. The predicted molar refractivity (Wildman–Crippen MR) is 91.6 cm³/mol. The van der Waals surface area contributed by atoms with Crippen LogP contribution in [-0.4, -0.2) is 16.1 Å². The van der Waals surface area contributed by atoms with Crippen molar-refractivity contribution < 1.29 is 9.90 Å². The Labute approximate surface area is 137 Å². The Bertz CT molecular complexity index is 884. The molecule has 0 aliphatic heterocycles. The monoisotopic (exact) mass is 322 g/mol. The van der Waals surface area contributed by atoms with Gasteiger partial charge < -0.3 is 10.4 Å². The fourth-order valence-corrected chi connectivity index (χ4v) is 3.82. The summed E-state index contributed by atoms with van der Waals surface area (Å²) in [5.41, 5.74) is 4.76. The summed E-state index contributed by atoms with van der Waals surface area (Å²) < 4.78 is 0. The Morgan fingerprint density at radius 2 is 1.87 bits per heavy atom. The van der Waals surface area contributed by atoms with E-state index in [0.717, 1.165) is 29.4 Å². The van der Waals surface area contributed by atoms with Crippen LogP contribution in [0.3, 0.4) is 0 Å². The summed E-state index contributed by atoms with van der Waals surface area (Å²) in [6, 6.07) is 15.1. The van der Waals surface area contributed by atoms with Crippen LogP contribution in [0.1, 0.15) is 20.8 Å². The van der Waals surface area contributed by atoms with Crippen molar-refractivity contribution in [3.8, 4) is 11.3 Å². The van der Waals surface area contributed by atoms with Crippen LogP contribution in [-0.2, 0) is 12.8 Å². The summed E-state index contributed by atoms with van der Waals surface area (Å²) in [6.45, 7) is 0. The van der Waals surface area contributed by atoms with Gasteiger partial charge in [-0.05, 0) is 42.7 Å². The maximum absolute atomic E-state index is 10.9. The van der Waals surface area contributed by atoms with Crippen LogP contribution in [0.5, 0.6) is 0 Å². The molecule has 1 aromatic heterocycles. The number of benzene rings is 2. The molecule has 4 rings (SSSR count). The molecule has 2 aromatic carbocycles. The fraction of sp³-hybridized carbons (Fsp3) is 0.111. The van der Waals surface area contributed by atoms with Crippen LogP contribution < -0.4 is 5.32 Å². The number of aromatic carboxylic acids is 1. The Kier molecular flexibility index (Phi) is 3.35. The minimum Gasteiger partial charge on any atom is -0.478 e. The van der Waals surface area contributed by atoms with Gasteiger partial charge in [0.15, 0.2) is 5.13 Å². The highest BCUT2D eigenvalue weighted by Crippen LogP contribution is 2.38. The lowest BCUT2D eigenvalue weighted by molar-refractivity contribution is 0.0697. The van der Waals surface area contributed by atoms with Crippen molar-refractivity contribution in [1.82, 2.24) is 4.98 Å². The van der Waals surface area contributed by atoms with E-state index in [1.54, 1.807) is 35.6 Å². The summed E-state index contributed by atoms with van der Waals surface area (Å²) in [4.78, 5) is 16.9. The highest BCUT2D eigenvalue weighted by atomic mass is 32.1. The zero-order chi connectivity index (χ0) is 15.8. The number of hydrogen-bond donors (Lipinski definition) is 2. The van der Waals surface area contributed by atoms with Crippen molar-refractivity contribution >= 4 is 28.1 Å². The zero-order valence-corrected chi connectivity index (χ0v) is 13.1. The van der Waals surface area contributed by atoms with Crippen molar-refractivity contribution in [1.29, 1.82) is 0 Å². The first-order valence-corrected chi connectivity index (χ1v) is 8.21. The second-order valence-electron chi connectivity index (χ2n) is 5.46. The molecule has 1 heterocycles. The molecule has 114 valence electrons. The van der Waals surface area contributed by atoms with Gasteiger partial charge in [-0.25, -0.2) is 9.78 Å². The number of rotatable bonds is 3. The minimum absolute atomic E-state index is 0.280. The lowest BCUT2D eigenvalue weighted by atomic mass is 9.94. The SMILES string of the molecule is O=C(O)c1ccc(Nc2nc3c(s2)CCc2ccccc2-3)cc1. The second kappa shape index (κ2) is 5.52. The van der Waals surface area contributed by atoms with Gasteiger partial charge in [0.25, 0.3) is 0 Å². The molecule has 23 heavy (non-hydrogen) atoms. The normalized spacial score (nSPS) is 12.3. The molecule has 1 aliphatic carbocycles. The number of aromatic nitrogens is 1. The van der Waals surface area contributed by atoms with E-state index in [-0.39, 0.29) is 5.56 Å². The predicted octanol–water partition coefficient (Wildman–Crippen LogP) is 4.35. The highest BCUT2D eigenvalue weighted by Gasteiger charge is 2.20. The number of hydrogen-bond acceptors (Lipinski definition) is 4. The summed E-state index contributed by atoms with van der Waals surface area (Å²) in [7, 11) is 0. The molecule has 0 saturated carbocycles. The molecule has 3 aromatic rings. The first-order valence-electron chi connectivity index (χ1n) is 7.39. The quantitative estimate of drug-likeness (QED) is 0.752. The number of carboxylic acids is 1. The molecular weight excluding hydrogens is 308 g/mol. The van der Waals surface area contributed by atoms with Crippen LogP contribution in [0.15, 0.2) is 48.5 Å². The van der Waals surface area contributed by atoms with E-state index in [4.69, 9.17) is 10.1 Å². The number of fused-ring (bicyclic) bond motifs is 3. The van der Waals surface area contributed by atoms with Gasteiger partial charge in [-0.1, -0.05) is 24.3 Å². The largest absolute Gasteiger partial charge is 0.478 e. The van der Waals surface area contributed by atoms with Crippen molar-refractivity contribution in [2.75, 3.05) is 5.32 Å². The molecule has 5 heteroatoms. The van der Waals surface area contributed by atoms with Gasteiger partial charge in [0.1, 0.15) is 0 Å². The maximum Gasteiger partial charge on any atom is 0.335 e. The molecule has 0 radical (unpaired) electrons. The summed E-state index contributed by atoms with van der Waals surface area (Å²) >= 11 is 1.67. The molecule has 0 saturated heterocycles. The number of carboxylic acid groups (broad SMARTS) is 1. The van der Waals surface area contributed by atoms with Crippen molar-refractivity contribution in [2.24, 2.45) is 0 Å². The number of carbonyl (C=O) groups is 1. The molecular formula is C18H14N2O2S. The molecule has 0 unspecified atom stereocenters. The van der Waals surface area contributed by atoms with Crippen LogP contribution >= 0.6 is 11.3 Å². The van der Waals surface area contributed by atoms with Gasteiger partial charge in [-0.3, -0.25) is 0 Å². The molecule has 0 atom stereocenters. The third-order valence-corrected chi connectivity index (χ3v) is 5.00. The molecule has 0 amide bonds. The van der Waals surface area contributed by atoms with Gasteiger partial charge in [0, 0.05) is 16.1 Å². The molecule has 0 fully saturated rings. The number of thiazole rings is 1. The standard InChI is InChI=1S/C18H14N2O2S/c21-17(22)12-5-8-13(9-6-12)19-18-20-16-14-4-2-1-3-11(14)7-10-15(16)23-18/h1-6,8-9H,7,10H2,(H,19,20)(H,21,22). The third kappa shape index (κ3) is 2.59. The van der Waals surface area contributed by atoms with E-state index in [1.165, 1.54) is 16.0 Å². The number of aryl methyl sites for hydroxylation is 2. The summed E-state index contributed by atoms with van der Waals surface area (Å²) in [6.07, 6.45) is 2.07.